The van der Waals surface area contributed by atoms with Gasteiger partial charge in [0.05, 0.1) is 17.5 Å². The van der Waals surface area contributed by atoms with E-state index in [1.54, 1.807) is 13.2 Å². The van der Waals surface area contributed by atoms with Crippen molar-refractivity contribution in [2.75, 3.05) is 13.7 Å². The first-order chi connectivity index (χ1) is 8.51. The SMILES string of the molecule is CCC(CC)(CN)NC(=O)c1cc(OC)c(Br)s1.Cl. The fourth-order valence-electron chi connectivity index (χ4n) is 1.67. The number of amides is 1. The monoisotopic (exact) mass is 370 g/mol. The molecule has 19 heavy (non-hydrogen) atoms. The highest BCUT2D eigenvalue weighted by Crippen LogP contribution is 2.34. The van der Waals surface area contributed by atoms with Crippen molar-refractivity contribution in [1.82, 2.24) is 5.32 Å². The van der Waals surface area contributed by atoms with Crippen LogP contribution in [0.1, 0.15) is 36.4 Å². The van der Waals surface area contributed by atoms with Crippen molar-refractivity contribution in [3.8, 4) is 5.75 Å². The van der Waals surface area contributed by atoms with Crippen LogP contribution < -0.4 is 15.8 Å². The van der Waals surface area contributed by atoms with Crippen LogP contribution in [-0.2, 0) is 0 Å². The standard InChI is InChI=1S/C12H19BrN2O2S.ClH/c1-4-12(5-2,7-14)15-11(16)9-6-8(17-3)10(13)18-9;/h6H,4-5,7,14H2,1-3H3,(H,15,16);1H. The number of nitrogens with one attached hydrogen (secondary N) is 1. The van der Waals surface area contributed by atoms with Crippen molar-refractivity contribution in [3.63, 3.8) is 0 Å². The summed E-state index contributed by atoms with van der Waals surface area (Å²) in [6.07, 6.45) is 1.63. The zero-order valence-electron chi connectivity index (χ0n) is 11.3. The van der Waals surface area contributed by atoms with Gasteiger partial charge >= 0.3 is 0 Å². The minimum absolute atomic E-state index is 0. The number of thiophene rings is 1. The van der Waals surface area contributed by atoms with E-state index in [4.69, 9.17) is 10.5 Å². The quantitative estimate of drug-likeness (QED) is 0.807. The molecule has 0 unspecified atom stereocenters. The smallest absolute Gasteiger partial charge is 0.262 e. The number of halogens is 2. The molecule has 0 aliphatic heterocycles. The molecule has 4 nitrogen and oxygen atoms in total. The molecule has 1 aromatic rings. The van der Waals surface area contributed by atoms with Gasteiger partial charge in [-0.25, -0.2) is 0 Å². The minimum Gasteiger partial charge on any atom is -0.495 e. The highest BCUT2D eigenvalue weighted by molar-refractivity contribution is 9.11. The van der Waals surface area contributed by atoms with Crippen molar-refractivity contribution < 1.29 is 9.53 Å². The van der Waals surface area contributed by atoms with Crippen molar-refractivity contribution in [3.05, 3.63) is 14.7 Å². The van der Waals surface area contributed by atoms with Crippen LogP contribution in [0, 0.1) is 0 Å². The molecular weight excluding hydrogens is 352 g/mol. The molecule has 0 aliphatic carbocycles. The van der Waals surface area contributed by atoms with Gasteiger partial charge in [0, 0.05) is 12.6 Å². The predicted octanol–water partition coefficient (Wildman–Crippen LogP) is 3.19. The number of carbonyl (C=O) groups excluding carboxylic acids is 1. The zero-order chi connectivity index (χ0) is 13.8. The summed E-state index contributed by atoms with van der Waals surface area (Å²) in [6.45, 7) is 4.50. The lowest BCUT2D eigenvalue weighted by molar-refractivity contribution is 0.0899. The van der Waals surface area contributed by atoms with E-state index in [0.29, 0.717) is 17.2 Å². The summed E-state index contributed by atoms with van der Waals surface area (Å²) in [7, 11) is 1.58. The van der Waals surface area contributed by atoms with Gasteiger partial charge in [0.1, 0.15) is 9.54 Å². The third-order valence-electron chi connectivity index (χ3n) is 3.22. The lowest BCUT2D eigenvalue weighted by Crippen LogP contribution is -2.52. The van der Waals surface area contributed by atoms with Gasteiger partial charge in [-0.1, -0.05) is 13.8 Å². The van der Waals surface area contributed by atoms with E-state index >= 15 is 0 Å². The first kappa shape index (κ1) is 18.7. The van der Waals surface area contributed by atoms with E-state index in [0.717, 1.165) is 16.6 Å². The predicted molar refractivity (Wildman–Crippen MR) is 85.7 cm³/mol. The number of ether oxygens (including phenoxy) is 1. The summed E-state index contributed by atoms with van der Waals surface area (Å²) in [5.41, 5.74) is 5.45. The first-order valence-electron chi connectivity index (χ1n) is 5.87. The number of hydrogen-bond acceptors (Lipinski definition) is 4. The molecule has 0 aliphatic rings. The Balaban J connectivity index is 0.00000324. The van der Waals surface area contributed by atoms with Crippen LogP contribution in [0.4, 0.5) is 0 Å². The lowest BCUT2D eigenvalue weighted by Gasteiger charge is -2.31. The fraction of sp³-hybridized carbons (Fsp3) is 0.583. The Hall–Kier alpha value is -0.300. The van der Waals surface area contributed by atoms with Gasteiger partial charge < -0.3 is 15.8 Å². The second kappa shape index (κ2) is 8.09. The average molecular weight is 372 g/mol. The van der Waals surface area contributed by atoms with E-state index in [9.17, 15) is 4.79 Å². The van der Waals surface area contributed by atoms with E-state index < -0.39 is 0 Å². The molecule has 0 fully saturated rings. The zero-order valence-corrected chi connectivity index (χ0v) is 14.5. The fourth-order valence-corrected chi connectivity index (χ4v) is 3.22. The molecule has 3 N–H and O–H groups in total. The van der Waals surface area contributed by atoms with Crippen LogP contribution in [-0.4, -0.2) is 25.1 Å². The van der Waals surface area contributed by atoms with E-state index in [1.165, 1.54) is 11.3 Å². The second-order valence-electron chi connectivity index (χ2n) is 4.10. The topological polar surface area (TPSA) is 64.3 Å². The minimum atomic E-state index is -0.319. The summed E-state index contributed by atoms with van der Waals surface area (Å²) in [6, 6.07) is 1.73. The molecule has 0 saturated heterocycles. The second-order valence-corrected chi connectivity index (χ2v) is 6.47. The molecule has 0 bridgehead atoms. The number of carbonyl (C=O) groups is 1. The first-order valence-corrected chi connectivity index (χ1v) is 7.48. The Labute approximate surface area is 132 Å². The molecule has 0 saturated carbocycles. The van der Waals surface area contributed by atoms with Crippen molar-refractivity contribution in [2.24, 2.45) is 5.73 Å². The molecule has 1 rings (SSSR count). The molecule has 0 spiro atoms. The number of hydrogen-bond donors (Lipinski definition) is 2. The Morgan fingerprint density at radius 3 is 2.47 bits per heavy atom. The molecule has 1 heterocycles. The summed E-state index contributed by atoms with van der Waals surface area (Å²) < 4.78 is 5.96. The number of methoxy groups -OCH3 is 1. The largest absolute Gasteiger partial charge is 0.495 e. The van der Waals surface area contributed by atoms with Crippen molar-refractivity contribution in [1.29, 1.82) is 0 Å². The van der Waals surface area contributed by atoms with Gasteiger partial charge in [0.25, 0.3) is 5.91 Å². The molecule has 0 aromatic carbocycles. The summed E-state index contributed by atoms with van der Waals surface area (Å²) in [4.78, 5) is 12.8. The highest BCUT2D eigenvalue weighted by atomic mass is 79.9. The maximum atomic E-state index is 12.2. The Bertz CT molecular complexity index is 414. The normalized spacial score (nSPS) is 10.8. The Morgan fingerprint density at radius 1 is 1.53 bits per heavy atom. The van der Waals surface area contributed by atoms with E-state index in [-0.39, 0.29) is 23.9 Å². The molecule has 7 heteroatoms. The molecule has 0 atom stereocenters. The van der Waals surface area contributed by atoms with E-state index in [2.05, 4.69) is 21.2 Å². The van der Waals surface area contributed by atoms with Gasteiger partial charge in [-0.15, -0.1) is 23.7 Å². The van der Waals surface area contributed by atoms with Gasteiger partial charge in [-0.3, -0.25) is 4.79 Å². The van der Waals surface area contributed by atoms with Crippen molar-refractivity contribution >= 4 is 45.6 Å². The van der Waals surface area contributed by atoms with Gasteiger partial charge in [0.15, 0.2) is 0 Å². The van der Waals surface area contributed by atoms with E-state index in [1.807, 2.05) is 13.8 Å². The van der Waals surface area contributed by atoms with Gasteiger partial charge in [-0.2, -0.15) is 0 Å². The third kappa shape index (κ3) is 4.34. The number of nitrogens with two attached hydrogens (primary N) is 1. The maximum Gasteiger partial charge on any atom is 0.262 e. The highest BCUT2D eigenvalue weighted by Gasteiger charge is 2.27. The van der Waals surface area contributed by atoms with Crippen molar-refractivity contribution in [2.45, 2.75) is 32.2 Å². The summed E-state index contributed by atoms with van der Waals surface area (Å²) >= 11 is 4.72. The molecule has 1 aromatic heterocycles. The van der Waals surface area contributed by atoms with Crippen LogP contribution in [0.5, 0.6) is 5.75 Å². The molecule has 110 valence electrons. The summed E-state index contributed by atoms with van der Waals surface area (Å²) in [5.74, 6) is 0.578. The van der Waals surface area contributed by atoms with Crippen LogP contribution in [0.25, 0.3) is 0 Å². The average Bonchev–Trinajstić information content (AvgIpc) is 2.77. The van der Waals surface area contributed by atoms with Crippen LogP contribution in [0.3, 0.4) is 0 Å². The molecular formula is C12H20BrClN2O2S. The lowest BCUT2D eigenvalue weighted by atomic mass is 9.93. The van der Waals surface area contributed by atoms with Crippen LogP contribution in [0.15, 0.2) is 9.85 Å². The Morgan fingerprint density at radius 2 is 2.11 bits per heavy atom. The third-order valence-corrected chi connectivity index (χ3v) is 5.00. The molecule has 1 amide bonds. The van der Waals surface area contributed by atoms with Gasteiger partial charge in [0.2, 0.25) is 0 Å². The Kier molecular flexibility index (Phi) is 7.96. The molecule has 0 radical (unpaired) electrons. The number of rotatable bonds is 6. The maximum absolute atomic E-state index is 12.2. The summed E-state index contributed by atoms with van der Waals surface area (Å²) in [5, 5.41) is 3.03. The van der Waals surface area contributed by atoms with Crippen LogP contribution in [0.2, 0.25) is 0 Å². The van der Waals surface area contributed by atoms with Gasteiger partial charge in [-0.05, 0) is 28.8 Å². The van der Waals surface area contributed by atoms with Crippen LogP contribution >= 0.6 is 39.7 Å².